The Labute approximate surface area is 161 Å². The van der Waals surface area contributed by atoms with E-state index in [2.05, 4.69) is 10.6 Å². The fourth-order valence-electron chi connectivity index (χ4n) is 2.78. The molecule has 1 unspecified atom stereocenters. The van der Waals surface area contributed by atoms with Crippen LogP contribution < -0.4 is 10.6 Å². The molecule has 1 aliphatic heterocycles. The number of nitrogens with zero attached hydrogens (tertiary/aromatic N) is 1. The zero-order valence-electron chi connectivity index (χ0n) is 15.1. The number of thioether (sulfide) groups is 1. The molecule has 1 aromatic carbocycles. The summed E-state index contributed by atoms with van der Waals surface area (Å²) in [7, 11) is 0. The number of amides is 2. The summed E-state index contributed by atoms with van der Waals surface area (Å²) in [5.41, 5.74) is 0.495. The van der Waals surface area contributed by atoms with E-state index in [-0.39, 0.29) is 36.0 Å². The molecule has 0 aromatic heterocycles. The van der Waals surface area contributed by atoms with Gasteiger partial charge in [-0.15, -0.1) is 11.8 Å². The van der Waals surface area contributed by atoms with Crippen molar-refractivity contribution in [2.75, 3.05) is 30.7 Å². The fourth-order valence-corrected chi connectivity index (χ4v) is 3.47. The van der Waals surface area contributed by atoms with Gasteiger partial charge in [-0.25, -0.2) is 13.2 Å². The molecule has 1 heterocycles. The lowest BCUT2D eigenvalue weighted by molar-refractivity contribution is -0.121. The average molecular weight is 403 g/mol. The molecule has 0 bridgehead atoms. The van der Waals surface area contributed by atoms with Gasteiger partial charge in [-0.1, -0.05) is 0 Å². The second kappa shape index (κ2) is 10.6. The van der Waals surface area contributed by atoms with E-state index in [9.17, 15) is 22.8 Å². The summed E-state index contributed by atoms with van der Waals surface area (Å²) in [5.74, 6) is -0.722. The van der Waals surface area contributed by atoms with Crippen LogP contribution in [-0.2, 0) is 9.59 Å². The molecule has 2 N–H and O–H groups in total. The van der Waals surface area contributed by atoms with Crippen LogP contribution in [0.5, 0.6) is 0 Å². The average Bonchev–Trinajstić information content (AvgIpc) is 2.62. The molecule has 1 atom stereocenters. The molecule has 5 nitrogen and oxygen atoms in total. The lowest BCUT2D eigenvalue weighted by Crippen LogP contribution is -2.47. The van der Waals surface area contributed by atoms with E-state index >= 15 is 0 Å². The Bertz CT molecular complexity index is 623. The number of alkyl halides is 2. The van der Waals surface area contributed by atoms with E-state index in [1.165, 1.54) is 36.0 Å². The van der Waals surface area contributed by atoms with Crippen molar-refractivity contribution in [3.05, 3.63) is 30.1 Å². The molecule has 1 fully saturated rings. The maximum Gasteiger partial charge on any atom is 0.251 e. The summed E-state index contributed by atoms with van der Waals surface area (Å²) >= 11 is 1.20. The van der Waals surface area contributed by atoms with Crippen LogP contribution in [0.2, 0.25) is 0 Å². The van der Waals surface area contributed by atoms with Gasteiger partial charge in [-0.2, -0.15) is 0 Å². The molecule has 0 aliphatic carbocycles. The van der Waals surface area contributed by atoms with Gasteiger partial charge in [0.15, 0.2) is 0 Å². The first-order valence-corrected chi connectivity index (χ1v) is 9.86. The van der Waals surface area contributed by atoms with Crippen LogP contribution in [0, 0.1) is 5.82 Å². The van der Waals surface area contributed by atoms with E-state index in [0.717, 1.165) is 0 Å². The standard InChI is InChI=1S/C18H24F3N3O2S/c1-12(27-11-17(25)22-14-4-2-13(19)3-5-14)18(26)23-15-6-8-24(9-7-15)10-16(20)21/h2-5,12,15-16H,6-11H2,1H3,(H,22,25)(H,23,26). The first-order chi connectivity index (χ1) is 12.8. The summed E-state index contributed by atoms with van der Waals surface area (Å²) in [6.45, 7) is 2.57. The molecule has 150 valence electrons. The highest BCUT2D eigenvalue weighted by Gasteiger charge is 2.24. The molecule has 27 heavy (non-hydrogen) atoms. The van der Waals surface area contributed by atoms with Gasteiger partial charge in [0.2, 0.25) is 11.8 Å². The minimum atomic E-state index is -2.34. The third-order valence-corrected chi connectivity index (χ3v) is 5.43. The quantitative estimate of drug-likeness (QED) is 0.701. The number of likely N-dealkylation sites (tertiary alicyclic amines) is 1. The summed E-state index contributed by atoms with van der Waals surface area (Å²) < 4.78 is 37.6. The second-order valence-electron chi connectivity index (χ2n) is 6.48. The number of nitrogens with one attached hydrogen (secondary N) is 2. The molecule has 1 aliphatic rings. The van der Waals surface area contributed by atoms with Gasteiger partial charge in [0.05, 0.1) is 17.5 Å². The van der Waals surface area contributed by atoms with Gasteiger partial charge in [0.25, 0.3) is 6.43 Å². The van der Waals surface area contributed by atoms with Gasteiger partial charge in [-0.05, 0) is 44.0 Å². The van der Waals surface area contributed by atoms with Crippen molar-refractivity contribution >= 4 is 29.3 Å². The SMILES string of the molecule is CC(SCC(=O)Nc1ccc(F)cc1)C(=O)NC1CCN(CC(F)F)CC1. The Morgan fingerprint density at radius 1 is 1.22 bits per heavy atom. The van der Waals surface area contributed by atoms with Gasteiger partial charge in [0, 0.05) is 24.8 Å². The van der Waals surface area contributed by atoms with Crippen LogP contribution >= 0.6 is 11.8 Å². The molecular formula is C18H24F3N3O2S. The second-order valence-corrected chi connectivity index (χ2v) is 7.81. The first kappa shape index (κ1) is 21.6. The Morgan fingerprint density at radius 2 is 1.85 bits per heavy atom. The molecule has 9 heteroatoms. The predicted molar refractivity (Wildman–Crippen MR) is 101 cm³/mol. The minimum absolute atomic E-state index is 0.0254. The number of rotatable bonds is 8. The van der Waals surface area contributed by atoms with Crippen molar-refractivity contribution in [3.63, 3.8) is 0 Å². The first-order valence-electron chi connectivity index (χ1n) is 8.81. The number of carbonyl (C=O) groups excluding carboxylic acids is 2. The Morgan fingerprint density at radius 3 is 2.44 bits per heavy atom. The number of carbonyl (C=O) groups is 2. The third kappa shape index (κ3) is 7.80. The van der Waals surface area contributed by atoms with Crippen molar-refractivity contribution in [1.82, 2.24) is 10.2 Å². The maximum atomic E-state index is 12.8. The lowest BCUT2D eigenvalue weighted by atomic mass is 10.0. The maximum absolute atomic E-state index is 12.8. The Balaban J connectivity index is 1.66. The minimum Gasteiger partial charge on any atom is -0.352 e. The highest BCUT2D eigenvalue weighted by atomic mass is 32.2. The van der Waals surface area contributed by atoms with Crippen LogP contribution in [-0.4, -0.2) is 59.8 Å². The molecular weight excluding hydrogens is 379 g/mol. The fraction of sp³-hybridized carbons (Fsp3) is 0.556. The topological polar surface area (TPSA) is 61.4 Å². The van der Waals surface area contributed by atoms with Gasteiger partial charge in [-0.3, -0.25) is 14.5 Å². The molecule has 2 rings (SSSR count). The number of hydrogen-bond donors (Lipinski definition) is 2. The van der Waals surface area contributed by atoms with E-state index in [1.54, 1.807) is 11.8 Å². The molecule has 0 radical (unpaired) electrons. The van der Waals surface area contributed by atoms with Gasteiger partial charge in [0.1, 0.15) is 5.82 Å². The van der Waals surface area contributed by atoms with Crippen LogP contribution in [0.3, 0.4) is 0 Å². The van der Waals surface area contributed by atoms with Crippen LogP contribution in [0.25, 0.3) is 0 Å². The Hall–Kier alpha value is -1.74. The van der Waals surface area contributed by atoms with E-state index in [0.29, 0.717) is 31.6 Å². The normalized spacial score (nSPS) is 16.9. The molecule has 0 saturated carbocycles. The number of anilines is 1. The highest BCUT2D eigenvalue weighted by molar-refractivity contribution is 8.01. The number of piperidine rings is 1. The van der Waals surface area contributed by atoms with Crippen molar-refractivity contribution in [2.45, 2.75) is 37.5 Å². The number of hydrogen-bond acceptors (Lipinski definition) is 4. The van der Waals surface area contributed by atoms with Crippen molar-refractivity contribution < 1.29 is 22.8 Å². The van der Waals surface area contributed by atoms with Gasteiger partial charge >= 0.3 is 0 Å². The van der Waals surface area contributed by atoms with Crippen LogP contribution in [0.4, 0.5) is 18.9 Å². The third-order valence-electron chi connectivity index (χ3n) is 4.29. The van der Waals surface area contributed by atoms with E-state index in [4.69, 9.17) is 0 Å². The van der Waals surface area contributed by atoms with Gasteiger partial charge < -0.3 is 10.6 Å². The highest BCUT2D eigenvalue weighted by Crippen LogP contribution is 2.16. The van der Waals surface area contributed by atoms with Crippen molar-refractivity contribution in [3.8, 4) is 0 Å². The smallest absolute Gasteiger partial charge is 0.251 e. The largest absolute Gasteiger partial charge is 0.352 e. The molecule has 1 saturated heterocycles. The van der Waals surface area contributed by atoms with Crippen molar-refractivity contribution in [2.24, 2.45) is 0 Å². The summed E-state index contributed by atoms with van der Waals surface area (Å²) in [4.78, 5) is 25.9. The van der Waals surface area contributed by atoms with Crippen molar-refractivity contribution in [1.29, 1.82) is 0 Å². The molecule has 1 aromatic rings. The molecule has 0 spiro atoms. The zero-order chi connectivity index (χ0) is 19.8. The van der Waals surface area contributed by atoms with Crippen LogP contribution in [0.15, 0.2) is 24.3 Å². The monoisotopic (exact) mass is 403 g/mol. The van der Waals surface area contributed by atoms with E-state index in [1.807, 2.05) is 0 Å². The van der Waals surface area contributed by atoms with E-state index < -0.39 is 11.7 Å². The zero-order valence-corrected chi connectivity index (χ0v) is 15.9. The Kier molecular flexibility index (Phi) is 8.43. The predicted octanol–water partition coefficient (Wildman–Crippen LogP) is 2.73. The summed E-state index contributed by atoms with van der Waals surface area (Å²) in [5, 5.41) is 5.15. The molecule has 2 amide bonds. The number of benzene rings is 1. The van der Waals surface area contributed by atoms with Crippen LogP contribution in [0.1, 0.15) is 19.8 Å². The summed E-state index contributed by atoms with van der Waals surface area (Å²) in [6, 6.07) is 5.42. The summed E-state index contributed by atoms with van der Waals surface area (Å²) in [6.07, 6.45) is -1.06. The number of halogens is 3. The lowest BCUT2D eigenvalue weighted by Gasteiger charge is -2.32.